The summed E-state index contributed by atoms with van der Waals surface area (Å²) in [4.78, 5) is 11.4. The molecule has 0 aromatic heterocycles. The van der Waals surface area contributed by atoms with Crippen LogP contribution in [-0.2, 0) is 20.0 Å². The third-order valence-corrected chi connectivity index (χ3v) is 5.68. The fraction of sp³-hybridized carbons (Fsp3) is 0.500. The van der Waals surface area contributed by atoms with Crippen LogP contribution < -0.4 is 0 Å². The maximum atomic E-state index is 11.4. The van der Waals surface area contributed by atoms with Gasteiger partial charge >= 0.3 is 7.12 Å². The molecule has 0 bridgehead atoms. The molecule has 0 radical (unpaired) electrons. The number of hydrogen-bond donors (Lipinski definition) is 0. The Bertz CT molecular complexity index is 610. The molecule has 1 saturated heterocycles. The van der Waals surface area contributed by atoms with E-state index in [9.17, 15) is 4.79 Å². The molecule has 2 rings (SSSR count). The highest BCUT2D eigenvalue weighted by Gasteiger charge is 2.52. The van der Waals surface area contributed by atoms with Crippen molar-refractivity contribution in [1.82, 2.24) is 0 Å². The third-order valence-electron chi connectivity index (χ3n) is 4.48. The van der Waals surface area contributed by atoms with Gasteiger partial charge in [-0.15, -0.1) is 11.6 Å². The van der Waals surface area contributed by atoms with Gasteiger partial charge in [0.15, 0.2) is 5.12 Å². The van der Waals surface area contributed by atoms with E-state index < -0.39 is 18.3 Å². The summed E-state index contributed by atoms with van der Waals surface area (Å²) in [7, 11) is -0.449. The highest BCUT2D eigenvalue weighted by atomic mass is 35.5. The molecule has 0 amide bonds. The summed E-state index contributed by atoms with van der Waals surface area (Å²) in [6, 6.07) is 8.03. The van der Waals surface area contributed by atoms with Gasteiger partial charge < -0.3 is 9.31 Å². The lowest BCUT2D eigenvalue weighted by Gasteiger charge is -2.32. The molecule has 1 aromatic carbocycles. The second kappa shape index (κ2) is 7.65. The summed E-state index contributed by atoms with van der Waals surface area (Å²) in [6.45, 7) is 9.67. The largest absolute Gasteiger partial charge is 0.491 e. The maximum Gasteiger partial charge on any atom is 0.491 e. The molecule has 1 heterocycles. The highest BCUT2D eigenvalue weighted by molar-refractivity contribution is 8.13. The van der Waals surface area contributed by atoms with Crippen molar-refractivity contribution >= 4 is 41.7 Å². The Labute approximate surface area is 154 Å². The SMILES string of the molecule is CC(=O)SCC(=Cc1ccc(CCl)cc1)B1OC(C)(C)C(C)(C)O1. The number of thioether (sulfide) groups is 1. The van der Waals surface area contributed by atoms with Gasteiger partial charge in [0.25, 0.3) is 0 Å². The van der Waals surface area contributed by atoms with Crippen LogP contribution in [0.15, 0.2) is 29.7 Å². The monoisotopic (exact) mass is 366 g/mol. The Balaban J connectivity index is 2.27. The number of carbonyl (C=O) groups is 1. The van der Waals surface area contributed by atoms with E-state index in [2.05, 4.69) is 0 Å². The van der Waals surface area contributed by atoms with Crippen molar-refractivity contribution in [3.8, 4) is 0 Å². The summed E-state index contributed by atoms with van der Waals surface area (Å²) in [5.41, 5.74) is 2.26. The molecule has 3 nitrogen and oxygen atoms in total. The van der Waals surface area contributed by atoms with E-state index in [1.165, 1.54) is 11.8 Å². The lowest BCUT2D eigenvalue weighted by molar-refractivity contribution is -0.109. The molecule has 0 spiro atoms. The molecule has 1 aromatic rings. The van der Waals surface area contributed by atoms with E-state index >= 15 is 0 Å². The van der Waals surface area contributed by atoms with E-state index in [-0.39, 0.29) is 5.12 Å². The topological polar surface area (TPSA) is 35.5 Å². The van der Waals surface area contributed by atoms with E-state index in [4.69, 9.17) is 20.9 Å². The summed E-state index contributed by atoms with van der Waals surface area (Å²) < 4.78 is 12.3. The molecular weight excluding hydrogens is 343 g/mol. The van der Waals surface area contributed by atoms with Gasteiger partial charge in [-0.3, -0.25) is 4.79 Å². The lowest BCUT2D eigenvalue weighted by atomic mass is 9.78. The molecule has 0 aliphatic carbocycles. The zero-order chi connectivity index (χ0) is 18.0. The van der Waals surface area contributed by atoms with Gasteiger partial charge in [-0.1, -0.05) is 42.1 Å². The maximum absolute atomic E-state index is 11.4. The molecule has 1 aliphatic rings. The average Bonchev–Trinajstić information content (AvgIpc) is 2.72. The smallest absolute Gasteiger partial charge is 0.400 e. The second-order valence-corrected chi connectivity index (χ2v) is 8.38. The summed E-state index contributed by atoms with van der Waals surface area (Å²) in [6.07, 6.45) is 2.04. The quantitative estimate of drug-likeness (QED) is 0.558. The first-order valence-electron chi connectivity index (χ1n) is 7.99. The van der Waals surface area contributed by atoms with Crippen molar-refractivity contribution in [3.05, 3.63) is 40.9 Å². The molecule has 1 aliphatic heterocycles. The molecule has 6 heteroatoms. The predicted octanol–water partition coefficient (Wildman–Crippen LogP) is 4.72. The molecule has 130 valence electrons. The van der Waals surface area contributed by atoms with Crippen LogP contribution in [0.5, 0.6) is 0 Å². The molecule has 0 N–H and O–H groups in total. The number of carbonyl (C=O) groups excluding carboxylic acids is 1. The van der Waals surface area contributed by atoms with Gasteiger partial charge in [0.2, 0.25) is 0 Å². The Morgan fingerprint density at radius 1 is 1.17 bits per heavy atom. The van der Waals surface area contributed by atoms with Gasteiger partial charge in [0, 0.05) is 18.6 Å². The fourth-order valence-electron chi connectivity index (χ4n) is 2.27. The summed E-state index contributed by atoms with van der Waals surface area (Å²) in [5, 5.41) is 0.0786. The average molecular weight is 367 g/mol. The number of alkyl halides is 1. The number of rotatable bonds is 5. The summed E-state index contributed by atoms with van der Waals surface area (Å²) >= 11 is 7.10. The normalized spacial score (nSPS) is 19.6. The molecule has 24 heavy (non-hydrogen) atoms. The van der Waals surface area contributed by atoms with Crippen molar-refractivity contribution in [2.45, 2.75) is 51.7 Å². The van der Waals surface area contributed by atoms with Crippen molar-refractivity contribution in [2.24, 2.45) is 0 Å². The summed E-state index contributed by atoms with van der Waals surface area (Å²) in [5.74, 6) is 1.04. The zero-order valence-electron chi connectivity index (χ0n) is 14.9. The van der Waals surface area contributed by atoms with Gasteiger partial charge in [-0.05, 0) is 44.3 Å². The van der Waals surface area contributed by atoms with Gasteiger partial charge in [0.05, 0.1) is 11.2 Å². The van der Waals surface area contributed by atoms with Crippen LogP contribution in [0.25, 0.3) is 6.08 Å². The van der Waals surface area contributed by atoms with Crippen LogP contribution in [0, 0.1) is 0 Å². The highest BCUT2D eigenvalue weighted by Crippen LogP contribution is 2.39. The van der Waals surface area contributed by atoms with Crippen LogP contribution in [0.1, 0.15) is 45.7 Å². The Kier molecular flexibility index (Phi) is 6.24. The molecule has 0 saturated carbocycles. The molecular formula is C18H24BClO3S. The van der Waals surface area contributed by atoms with Crippen molar-refractivity contribution in [2.75, 3.05) is 5.75 Å². The Morgan fingerprint density at radius 3 is 2.17 bits per heavy atom. The first-order chi connectivity index (χ1) is 11.1. The fourth-order valence-corrected chi connectivity index (χ4v) is 3.04. The van der Waals surface area contributed by atoms with E-state index in [0.717, 1.165) is 16.6 Å². The zero-order valence-corrected chi connectivity index (χ0v) is 16.5. The number of benzene rings is 1. The lowest BCUT2D eigenvalue weighted by Crippen LogP contribution is -2.41. The van der Waals surface area contributed by atoms with Gasteiger partial charge in [-0.25, -0.2) is 0 Å². The van der Waals surface area contributed by atoms with Crippen molar-refractivity contribution in [1.29, 1.82) is 0 Å². The van der Waals surface area contributed by atoms with Crippen LogP contribution >= 0.6 is 23.4 Å². The minimum atomic E-state index is -0.449. The minimum absolute atomic E-state index is 0.0786. The van der Waals surface area contributed by atoms with Crippen LogP contribution in [0.4, 0.5) is 0 Å². The van der Waals surface area contributed by atoms with E-state index in [1.807, 2.05) is 58.0 Å². The molecule has 0 atom stereocenters. The van der Waals surface area contributed by atoms with E-state index in [0.29, 0.717) is 11.6 Å². The number of hydrogen-bond acceptors (Lipinski definition) is 4. The van der Waals surface area contributed by atoms with Crippen molar-refractivity contribution < 1.29 is 14.1 Å². The Morgan fingerprint density at radius 2 is 1.71 bits per heavy atom. The second-order valence-electron chi connectivity index (χ2n) is 6.96. The molecule has 1 fully saturated rings. The first kappa shape index (κ1) is 19.6. The van der Waals surface area contributed by atoms with Crippen LogP contribution in [-0.4, -0.2) is 29.2 Å². The third kappa shape index (κ3) is 4.66. The van der Waals surface area contributed by atoms with E-state index in [1.54, 1.807) is 6.92 Å². The first-order valence-corrected chi connectivity index (χ1v) is 9.51. The van der Waals surface area contributed by atoms with Gasteiger partial charge in [-0.2, -0.15) is 0 Å². The van der Waals surface area contributed by atoms with Gasteiger partial charge in [0.1, 0.15) is 0 Å². The number of halogens is 1. The van der Waals surface area contributed by atoms with Crippen LogP contribution in [0.3, 0.4) is 0 Å². The predicted molar refractivity (Wildman–Crippen MR) is 103 cm³/mol. The van der Waals surface area contributed by atoms with Crippen molar-refractivity contribution in [3.63, 3.8) is 0 Å². The Hall–Kier alpha value is -0.745. The molecule has 0 unspecified atom stereocenters. The standard InChI is InChI=1S/C18H24BClO3S/c1-13(21)24-12-16(10-14-6-8-15(11-20)9-7-14)19-22-17(2,3)18(4,5)23-19/h6-10H,11-12H2,1-5H3. The van der Waals surface area contributed by atoms with Crippen LogP contribution in [0.2, 0.25) is 0 Å². The minimum Gasteiger partial charge on any atom is -0.400 e.